The average molecular weight is 176 g/mol. The highest BCUT2D eigenvalue weighted by Gasteiger charge is 2.26. The minimum absolute atomic E-state index is 1.21. The lowest BCUT2D eigenvalue weighted by Crippen LogP contribution is -2.39. The van der Waals surface area contributed by atoms with Gasteiger partial charge in [0, 0.05) is 18.4 Å². The van der Waals surface area contributed by atoms with Crippen LogP contribution in [0.4, 0.5) is 0 Å². The Morgan fingerprint density at radius 2 is 1.69 bits per heavy atom. The molecular weight excluding hydrogens is 158 g/mol. The molecule has 13 heavy (non-hydrogen) atoms. The highest BCUT2D eigenvalue weighted by atomic mass is 15.3. The highest BCUT2D eigenvalue weighted by molar-refractivity contribution is 5.13. The van der Waals surface area contributed by atoms with Gasteiger partial charge in [0.05, 0.1) is 20.1 Å². The van der Waals surface area contributed by atoms with Crippen LogP contribution in [0.1, 0.15) is 18.4 Å². The maximum Gasteiger partial charge on any atom is 0.104 e. The van der Waals surface area contributed by atoms with Crippen LogP contribution in [0, 0.1) is 0 Å². The van der Waals surface area contributed by atoms with E-state index in [4.69, 9.17) is 0 Å². The summed E-state index contributed by atoms with van der Waals surface area (Å²) in [7, 11) is 2.38. The summed E-state index contributed by atoms with van der Waals surface area (Å²) in [4.78, 5) is 0. The van der Waals surface area contributed by atoms with Crippen molar-refractivity contribution in [1.29, 1.82) is 0 Å². The molecule has 0 amide bonds. The summed E-state index contributed by atoms with van der Waals surface area (Å²) < 4.78 is 1.24. The lowest BCUT2D eigenvalue weighted by Gasteiger charge is -2.29. The van der Waals surface area contributed by atoms with E-state index >= 15 is 0 Å². The van der Waals surface area contributed by atoms with Crippen molar-refractivity contribution in [2.24, 2.45) is 0 Å². The van der Waals surface area contributed by atoms with Gasteiger partial charge < -0.3 is 4.48 Å². The standard InChI is InChI=1S/C12H18N/c1-13(9-5-6-10-13)11-12-7-3-2-4-8-12/h2-4,7-8H,5-6,9-11H2,1H3/q+1. The molecule has 0 radical (unpaired) electrons. The van der Waals surface area contributed by atoms with Crippen molar-refractivity contribution in [2.75, 3.05) is 20.1 Å². The van der Waals surface area contributed by atoms with Gasteiger partial charge in [-0.1, -0.05) is 30.3 Å². The number of hydrogen-bond acceptors (Lipinski definition) is 0. The first-order valence-electron chi connectivity index (χ1n) is 5.16. The van der Waals surface area contributed by atoms with E-state index in [-0.39, 0.29) is 0 Å². The zero-order valence-corrected chi connectivity index (χ0v) is 8.37. The Morgan fingerprint density at radius 1 is 1.08 bits per heavy atom. The average Bonchev–Trinajstić information content (AvgIpc) is 2.54. The summed E-state index contributed by atoms with van der Waals surface area (Å²) in [5.41, 5.74) is 1.48. The Morgan fingerprint density at radius 3 is 2.31 bits per heavy atom. The molecule has 0 spiro atoms. The smallest absolute Gasteiger partial charge is 0.104 e. The van der Waals surface area contributed by atoms with Crippen LogP contribution in [-0.2, 0) is 6.54 Å². The van der Waals surface area contributed by atoms with E-state index in [1.807, 2.05) is 0 Å². The second kappa shape index (κ2) is 3.51. The second-order valence-corrected chi connectivity index (χ2v) is 4.42. The Kier molecular flexibility index (Phi) is 2.36. The fraction of sp³-hybridized carbons (Fsp3) is 0.500. The van der Waals surface area contributed by atoms with Crippen LogP contribution in [0.5, 0.6) is 0 Å². The van der Waals surface area contributed by atoms with Crippen molar-refractivity contribution in [3.63, 3.8) is 0 Å². The fourth-order valence-electron chi connectivity index (χ4n) is 2.28. The number of benzene rings is 1. The number of quaternary nitrogens is 1. The van der Waals surface area contributed by atoms with E-state index in [2.05, 4.69) is 37.4 Å². The van der Waals surface area contributed by atoms with Crippen LogP contribution in [-0.4, -0.2) is 24.6 Å². The third kappa shape index (κ3) is 2.10. The van der Waals surface area contributed by atoms with Crippen LogP contribution in [0.3, 0.4) is 0 Å². The van der Waals surface area contributed by atoms with E-state index in [1.54, 1.807) is 0 Å². The number of likely N-dealkylation sites (tertiary alicyclic amines) is 1. The monoisotopic (exact) mass is 176 g/mol. The molecule has 1 saturated heterocycles. The molecule has 70 valence electrons. The van der Waals surface area contributed by atoms with Gasteiger partial charge in [0.2, 0.25) is 0 Å². The normalized spacial score (nSPS) is 20.4. The maximum atomic E-state index is 2.38. The molecule has 1 aliphatic rings. The highest BCUT2D eigenvalue weighted by Crippen LogP contribution is 2.20. The van der Waals surface area contributed by atoms with Crippen molar-refractivity contribution >= 4 is 0 Å². The quantitative estimate of drug-likeness (QED) is 0.607. The summed E-state index contributed by atoms with van der Waals surface area (Å²) in [6.45, 7) is 3.92. The summed E-state index contributed by atoms with van der Waals surface area (Å²) in [6, 6.07) is 10.8. The van der Waals surface area contributed by atoms with Crippen molar-refractivity contribution in [2.45, 2.75) is 19.4 Å². The minimum atomic E-state index is 1.21. The molecule has 1 aromatic rings. The summed E-state index contributed by atoms with van der Waals surface area (Å²) in [5, 5.41) is 0. The summed E-state index contributed by atoms with van der Waals surface area (Å²) in [5.74, 6) is 0. The molecule has 1 heterocycles. The maximum absolute atomic E-state index is 2.38. The van der Waals surface area contributed by atoms with Gasteiger partial charge in [-0.05, 0) is 0 Å². The van der Waals surface area contributed by atoms with Crippen molar-refractivity contribution in [3.8, 4) is 0 Å². The van der Waals surface area contributed by atoms with Crippen LogP contribution < -0.4 is 0 Å². The molecule has 1 aromatic carbocycles. The van der Waals surface area contributed by atoms with Gasteiger partial charge in [-0.25, -0.2) is 0 Å². The topological polar surface area (TPSA) is 0 Å². The molecule has 0 aliphatic carbocycles. The van der Waals surface area contributed by atoms with Gasteiger partial charge in [0.25, 0.3) is 0 Å². The first-order valence-corrected chi connectivity index (χ1v) is 5.16. The first-order chi connectivity index (χ1) is 6.29. The molecule has 0 aromatic heterocycles. The lowest BCUT2D eigenvalue weighted by molar-refractivity contribution is -0.910. The van der Waals surface area contributed by atoms with Crippen molar-refractivity contribution in [3.05, 3.63) is 35.9 Å². The molecule has 1 heteroatoms. The van der Waals surface area contributed by atoms with E-state index < -0.39 is 0 Å². The SMILES string of the molecule is C[N+]1(Cc2ccccc2)CCCC1. The van der Waals surface area contributed by atoms with Crippen molar-refractivity contribution < 1.29 is 4.48 Å². The third-order valence-electron chi connectivity index (χ3n) is 3.05. The zero-order chi connectivity index (χ0) is 9.15. The van der Waals surface area contributed by atoms with Crippen LogP contribution in [0.2, 0.25) is 0 Å². The third-order valence-corrected chi connectivity index (χ3v) is 3.05. The van der Waals surface area contributed by atoms with E-state index in [1.165, 1.54) is 42.5 Å². The molecule has 2 rings (SSSR count). The lowest BCUT2D eigenvalue weighted by atomic mass is 10.2. The number of hydrogen-bond donors (Lipinski definition) is 0. The Hall–Kier alpha value is -0.820. The van der Waals surface area contributed by atoms with Crippen LogP contribution >= 0.6 is 0 Å². The fourth-order valence-corrected chi connectivity index (χ4v) is 2.28. The van der Waals surface area contributed by atoms with Gasteiger partial charge in [0.15, 0.2) is 0 Å². The molecule has 0 bridgehead atoms. The Bertz CT molecular complexity index is 260. The molecule has 0 unspecified atom stereocenters. The first kappa shape index (κ1) is 8.76. The predicted molar refractivity (Wildman–Crippen MR) is 55.3 cm³/mol. The van der Waals surface area contributed by atoms with Crippen LogP contribution in [0.25, 0.3) is 0 Å². The van der Waals surface area contributed by atoms with Gasteiger partial charge in [0.1, 0.15) is 6.54 Å². The van der Waals surface area contributed by atoms with Crippen molar-refractivity contribution in [1.82, 2.24) is 0 Å². The van der Waals surface area contributed by atoms with E-state index in [0.29, 0.717) is 0 Å². The number of rotatable bonds is 2. The molecule has 0 saturated carbocycles. The molecule has 0 N–H and O–H groups in total. The van der Waals surface area contributed by atoms with E-state index in [9.17, 15) is 0 Å². The molecule has 0 atom stereocenters. The van der Waals surface area contributed by atoms with E-state index in [0.717, 1.165) is 0 Å². The molecular formula is C12H18N+. The number of nitrogens with zero attached hydrogens (tertiary/aromatic N) is 1. The van der Waals surface area contributed by atoms with Gasteiger partial charge in [-0.2, -0.15) is 0 Å². The molecule has 1 nitrogen and oxygen atoms in total. The predicted octanol–water partition coefficient (Wildman–Crippen LogP) is 2.43. The summed E-state index contributed by atoms with van der Waals surface area (Å²) in [6.07, 6.45) is 2.81. The Labute approximate surface area is 80.6 Å². The van der Waals surface area contributed by atoms with Crippen LogP contribution in [0.15, 0.2) is 30.3 Å². The van der Waals surface area contributed by atoms with Gasteiger partial charge >= 0.3 is 0 Å². The van der Waals surface area contributed by atoms with Gasteiger partial charge in [-0.15, -0.1) is 0 Å². The largest absolute Gasteiger partial charge is 0.322 e. The molecule has 1 aliphatic heterocycles. The minimum Gasteiger partial charge on any atom is -0.322 e. The second-order valence-electron chi connectivity index (χ2n) is 4.42. The Balaban J connectivity index is 2.05. The van der Waals surface area contributed by atoms with Gasteiger partial charge in [-0.3, -0.25) is 0 Å². The zero-order valence-electron chi connectivity index (χ0n) is 8.37. The molecule has 1 fully saturated rings. The summed E-state index contributed by atoms with van der Waals surface area (Å²) >= 11 is 0.